The monoisotopic (exact) mass is 400 g/mol. The molecule has 4 rings (SSSR count). The van der Waals surface area contributed by atoms with Crippen LogP contribution in [0.1, 0.15) is 5.56 Å². The topological polar surface area (TPSA) is 57.4 Å². The number of hydrogen-bond donors (Lipinski definition) is 3. The third-order valence-electron chi connectivity index (χ3n) is 5.39. The summed E-state index contributed by atoms with van der Waals surface area (Å²) >= 11 is 0. The van der Waals surface area contributed by atoms with E-state index in [4.69, 9.17) is 5.11 Å². The van der Waals surface area contributed by atoms with Gasteiger partial charge in [0.1, 0.15) is 0 Å². The number of nitrogens with zero attached hydrogens (tertiary/aromatic N) is 1. The Kier molecular flexibility index (Phi) is 6.29. The molecule has 30 heavy (non-hydrogen) atoms. The summed E-state index contributed by atoms with van der Waals surface area (Å²) in [5.41, 5.74) is 6.92. The van der Waals surface area contributed by atoms with Gasteiger partial charge in [-0.1, -0.05) is 72.3 Å². The molecule has 1 aromatic heterocycles. The highest BCUT2D eigenvalue weighted by Gasteiger charge is 2.21. The van der Waals surface area contributed by atoms with Gasteiger partial charge >= 0.3 is 0 Å². The SMILES string of the molecule is Cc1ccc2c(c1)c(-c1ccccc1)c(-c1ccccc1)n2C[C@@H](O)CNCCO. The van der Waals surface area contributed by atoms with Crippen molar-refractivity contribution in [3.63, 3.8) is 0 Å². The summed E-state index contributed by atoms with van der Waals surface area (Å²) in [6, 6.07) is 27.3. The first-order chi connectivity index (χ1) is 14.7. The van der Waals surface area contributed by atoms with Crippen molar-refractivity contribution in [2.45, 2.75) is 19.6 Å². The van der Waals surface area contributed by atoms with Crippen LogP contribution in [0.15, 0.2) is 78.9 Å². The predicted octanol–water partition coefficient (Wildman–Crippen LogP) is 4.23. The number of rotatable bonds is 8. The van der Waals surface area contributed by atoms with E-state index in [0.29, 0.717) is 19.6 Å². The largest absolute Gasteiger partial charge is 0.395 e. The molecule has 0 saturated heterocycles. The molecule has 0 radical (unpaired) electrons. The molecule has 0 aliphatic rings. The zero-order chi connectivity index (χ0) is 20.9. The van der Waals surface area contributed by atoms with Gasteiger partial charge < -0.3 is 20.1 Å². The average molecular weight is 401 g/mol. The fourth-order valence-corrected chi connectivity index (χ4v) is 4.07. The number of aryl methyl sites for hydroxylation is 1. The Morgan fingerprint density at radius 2 is 1.57 bits per heavy atom. The second-order valence-corrected chi connectivity index (χ2v) is 7.67. The van der Waals surface area contributed by atoms with Crippen LogP contribution in [0.4, 0.5) is 0 Å². The van der Waals surface area contributed by atoms with Crippen LogP contribution in [0.2, 0.25) is 0 Å². The van der Waals surface area contributed by atoms with Crippen LogP contribution in [-0.4, -0.2) is 40.6 Å². The number of fused-ring (bicyclic) bond motifs is 1. The van der Waals surface area contributed by atoms with Gasteiger partial charge in [0.15, 0.2) is 0 Å². The van der Waals surface area contributed by atoms with E-state index in [1.807, 2.05) is 12.1 Å². The molecule has 0 saturated carbocycles. The van der Waals surface area contributed by atoms with Gasteiger partial charge in [0.05, 0.1) is 24.9 Å². The minimum atomic E-state index is -0.570. The quantitative estimate of drug-likeness (QED) is 0.388. The van der Waals surface area contributed by atoms with Crippen LogP contribution < -0.4 is 5.32 Å². The molecular formula is C26H28N2O2. The predicted molar refractivity (Wildman–Crippen MR) is 124 cm³/mol. The summed E-state index contributed by atoms with van der Waals surface area (Å²) in [4.78, 5) is 0. The van der Waals surface area contributed by atoms with Crippen LogP contribution in [0.25, 0.3) is 33.3 Å². The van der Waals surface area contributed by atoms with Gasteiger partial charge in [-0.2, -0.15) is 0 Å². The van der Waals surface area contributed by atoms with Gasteiger partial charge in [-0.25, -0.2) is 0 Å². The van der Waals surface area contributed by atoms with E-state index in [1.165, 1.54) is 22.1 Å². The molecule has 154 valence electrons. The number of nitrogens with one attached hydrogen (secondary N) is 1. The maximum atomic E-state index is 10.7. The lowest BCUT2D eigenvalue weighted by Crippen LogP contribution is -2.32. The summed E-state index contributed by atoms with van der Waals surface area (Å²) in [5.74, 6) is 0. The zero-order valence-electron chi connectivity index (χ0n) is 17.3. The molecule has 0 aliphatic carbocycles. The molecule has 4 heteroatoms. The number of benzene rings is 3. The Labute approximate surface area is 177 Å². The highest BCUT2D eigenvalue weighted by molar-refractivity contribution is 6.04. The number of aliphatic hydroxyl groups excluding tert-OH is 2. The summed E-state index contributed by atoms with van der Waals surface area (Å²) in [7, 11) is 0. The lowest BCUT2D eigenvalue weighted by molar-refractivity contribution is 0.151. The highest BCUT2D eigenvalue weighted by atomic mass is 16.3. The minimum absolute atomic E-state index is 0.0614. The lowest BCUT2D eigenvalue weighted by atomic mass is 9.98. The van der Waals surface area contributed by atoms with Gasteiger partial charge in [0.25, 0.3) is 0 Å². The molecule has 0 amide bonds. The minimum Gasteiger partial charge on any atom is -0.395 e. The van der Waals surface area contributed by atoms with E-state index in [-0.39, 0.29) is 6.61 Å². The summed E-state index contributed by atoms with van der Waals surface area (Å²) in [6.45, 7) is 3.55. The van der Waals surface area contributed by atoms with Gasteiger partial charge in [-0.15, -0.1) is 0 Å². The third kappa shape index (κ3) is 4.17. The highest BCUT2D eigenvalue weighted by Crippen LogP contribution is 2.41. The van der Waals surface area contributed by atoms with E-state index in [9.17, 15) is 5.11 Å². The van der Waals surface area contributed by atoms with Crippen molar-refractivity contribution in [2.24, 2.45) is 0 Å². The van der Waals surface area contributed by atoms with Crippen molar-refractivity contribution in [1.82, 2.24) is 9.88 Å². The molecular weight excluding hydrogens is 372 g/mol. The molecule has 3 N–H and O–H groups in total. The molecule has 4 aromatic rings. The van der Waals surface area contributed by atoms with Gasteiger partial charge in [-0.3, -0.25) is 0 Å². The van der Waals surface area contributed by atoms with Gasteiger partial charge in [-0.05, 0) is 30.2 Å². The van der Waals surface area contributed by atoms with Crippen LogP contribution >= 0.6 is 0 Å². The van der Waals surface area contributed by atoms with Crippen molar-refractivity contribution < 1.29 is 10.2 Å². The lowest BCUT2D eigenvalue weighted by Gasteiger charge is -2.17. The third-order valence-corrected chi connectivity index (χ3v) is 5.39. The fourth-order valence-electron chi connectivity index (χ4n) is 4.07. The van der Waals surface area contributed by atoms with E-state index in [2.05, 4.69) is 83.5 Å². The van der Waals surface area contributed by atoms with Crippen LogP contribution in [0, 0.1) is 6.92 Å². The van der Waals surface area contributed by atoms with E-state index in [0.717, 1.165) is 16.8 Å². The van der Waals surface area contributed by atoms with Crippen LogP contribution in [0.5, 0.6) is 0 Å². The van der Waals surface area contributed by atoms with Crippen molar-refractivity contribution >= 4 is 10.9 Å². The standard InChI is InChI=1S/C26H28N2O2/c1-19-12-13-24-23(16-19)25(20-8-4-2-5-9-20)26(21-10-6-3-7-11-21)28(24)18-22(30)17-27-14-15-29/h2-13,16,22,27,29-30H,14-15,17-18H2,1H3/t22-/m0/s1. The second-order valence-electron chi connectivity index (χ2n) is 7.67. The van der Waals surface area contributed by atoms with E-state index < -0.39 is 6.10 Å². The number of aromatic nitrogens is 1. The van der Waals surface area contributed by atoms with Gasteiger partial charge in [0.2, 0.25) is 0 Å². The molecule has 0 unspecified atom stereocenters. The molecule has 0 bridgehead atoms. The smallest absolute Gasteiger partial charge is 0.0843 e. The maximum absolute atomic E-state index is 10.7. The van der Waals surface area contributed by atoms with Crippen molar-refractivity contribution in [1.29, 1.82) is 0 Å². The normalized spacial score (nSPS) is 12.4. The Balaban J connectivity index is 1.93. The summed E-state index contributed by atoms with van der Waals surface area (Å²) < 4.78 is 2.23. The first-order valence-electron chi connectivity index (χ1n) is 10.4. The summed E-state index contributed by atoms with van der Waals surface area (Å²) in [6.07, 6.45) is -0.570. The molecule has 4 nitrogen and oxygen atoms in total. The number of aliphatic hydroxyl groups is 2. The van der Waals surface area contributed by atoms with Crippen molar-refractivity contribution in [3.8, 4) is 22.4 Å². The van der Waals surface area contributed by atoms with Gasteiger partial charge in [0, 0.05) is 29.6 Å². The van der Waals surface area contributed by atoms with E-state index >= 15 is 0 Å². The molecule has 0 aliphatic heterocycles. The number of hydrogen-bond acceptors (Lipinski definition) is 3. The zero-order valence-corrected chi connectivity index (χ0v) is 17.3. The van der Waals surface area contributed by atoms with Crippen molar-refractivity contribution in [2.75, 3.05) is 19.7 Å². The molecule has 0 fully saturated rings. The first kappa shape index (κ1) is 20.4. The molecule has 1 heterocycles. The first-order valence-corrected chi connectivity index (χ1v) is 10.4. The molecule has 0 spiro atoms. The Morgan fingerprint density at radius 3 is 2.23 bits per heavy atom. The molecule has 1 atom stereocenters. The van der Waals surface area contributed by atoms with Crippen LogP contribution in [-0.2, 0) is 6.54 Å². The Bertz CT molecular complexity index is 1100. The average Bonchev–Trinajstić information content (AvgIpc) is 3.08. The fraction of sp³-hybridized carbons (Fsp3) is 0.231. The maximum Gasteiger partial charge on any atom is 0.0843 e. The van der Waals surface area contributed by atoms with Crippen LogP contribution in [0.3, 0.4) is 0 Å². The molecule has 3 aromatic carbocycles. The van der Waals surface area contributed by atoms with Crippen molar-refractivity contribution in [3.05, 3.63) is 84.4 Å². The van der Waals surface area contributed by atoms with E-state index in [1.54, 1.807) is 0 Å². The summed E-state index contributed by atoms with van der Waals surface area (Å²) in [5, 5.41) is 24.0. The second kappa shape index (κ2) is 9.26. The Hall–Kier alpha value is -2.92. The Morgan fingerprint density at radius 1 is 0.900 bits per heavy atom.